The summed E-state index contributed by atoms with van der Waals surface area (Å²) in [4.78, 5) is 16.7. The normalized spacial score (nSPS) is 16.9. The topological polar surface area (TPSA) is 128 Å². The van der Waals surface area contributed by atoms with Gasteiger partial charge in [0, 0.05) is 65.7 Å². The zero-order chi connectivity index (χ0) is 44.0. The highest BCUT2D eigenvalue weighted by atomic mass is 35.5. The van der Waals surface area contributed by atoms with Crippen molar-refractivity contribution in [2.24, 2.45) is 5.41 Å². The van der Waals surface area contributed by atoms with Crippen LogP contribution in [0.5, 0.6) is 0 Å². The van der Waals surface area contributed by atoms with Gasteiger partial charge in [-0.25, -0.2) is 21.6 Å². The number of anilines is 2. The van der Waals surface area contributed by atoms with E-state index in [4.69, 9.17) is 11.6 Å². The van der Waals surface area contributed by atoms with E-state index in [1.807, 2.05) is 47.2 Å². The number of amides is 1. The molecule has 61 heavy (non-hydrogen) atoms. The van der Waals surface area contributed by atoms with E-state index in [9.17, 15) is 34.8 Å². The summed E-state index contributed by atoms with van der Waals surface area (Å²) in [5.41, 5.74) is -1.01. The van der Waals surface area contributed by atoms with Gasteiger partial charge in [-0.1, -0.05) is 61.4 Å². The fourth-order valence-electron chi connectivity index (χ4n) is 7.65. The van der Waals surface area contributed by atoms with Gasteiger partial charge in [0.25, 0.3) is 25.8 Å². The van der Waals surface area contributed by atoms with Crippen molar-refractivity contribution in [3.05, 3.63) is 119 Å². The lowest BCUT2D eigenvalue weighted by molar-refractivity contribution is -0.0435. The molecule has 6 rings (SSSR count). The number of alkyl halides is 3. The van der Waals surface area contributed by atoms with Crippen molar-refractivity contribution in [1.29, 1.82) is 0 Å². The maximum atomic E-state index is 14.0. The Kier molecular flexibility index (Phi) is 14.9. The molecule has 1 heterocycles. The number of hydrogen-bond donors (Lipinski definition) is 3. The largest absolute Gasteiger partial charge is 0.501 e. The molecular formula is C44H51ClF3N5O5S3. The minimum Gasteiger partial charge on any atom is -0.380 e. The molecule has 17 heteroatoms. The number of halogens is 4. The fourth-order valence-corrected chi connectivity index (χ4v) is 10.8. The molecule has 1 atom stereocenters. The van der Waals surface area contributed by atoms with Gasteiger partial charge in [0.2, 0.25) is 0 Å². The molecule has 0 saturated carbocycles. The van der Waals surface area contributed by atoms with E-state index in [-0.39, 0.29) is 11.0 Å². The second kappa shape index (κ2) is 19.5. The van der Waals surface area contributed by atoms with Gasteiger partial charge in [0.05, 0.1) is 10.6 Å². The van der Waals surface area contributed by atoms with Crippen LogP contribution in [0.1, 0.15) is 55.5 Å². The van der Waals surface area contributed by atoms with Crippen LogP contribution in [0.3, 0.4) is 0 Å². The highest BCUT2D eigenvalue weighted by molar-refractivity contribution is 7.99. The number of sulfonamides is 1. The number of sulfone groups is 1. The molecule has 10 nitrogen and oxygen atoms in total. The van der Waals surface area contributed by atoms with Crippen molar-refractivity contribution < 1.29 is 34.8 Å². The van der Waals surface area contributed by atoms with Crippen LogP contribution in [0.15, 0.2) is 117 Å². The van der Waals surface area contributed by atoms with Crippen LogP contribution < -0.4 is 20.3 Å². The zero-order valence-electron chi connectivity index (χ0n) is 34.3. The average Bonchev–Trinajstić information content (AvgIpc) is 3.22. The number of thioether (sulfide) groups is 1. The number of carbonyl (C=O) groups excluding carboxylic acids is 1. The van der Waals surface area contributed by atoms with Crippen LogP contribution in [0.4, 0.5) is 24.5 Å². The first kappa shape index (κ1) is 46.4. The molecule has 0 bridgehead atoms. The number of rotatable bonds is 16. The lowest BCUT2D eigenvalue weighted by Gasteiger charge is -2.39. The summed E-state index contributed by atoms with van der Waals surface area (Å²) in [6.07, 6.45) is 3.57. The van der Waals surface area contributed by atoms with E-state index < -0.39 is 52.8 Å². The Balaban J connectivity index is 1.12. The third kappa shape index (κ3) is 11.9. The van der Waals surface area contributed by atoms with Gasteiger partial charge in [-0.05, 0) is 123 Å². The van der Waals surface area contributed by atoms with Crippen molar-refractivity contribution in [1.82, 2.24) is 14.9 Å². The number of nitrogens with zero attached hydrogens (tertiary/aromatic N) is 2. The summed E-state index contributed by atoms with van der Waals surface area (Å²) in [6, 6.07) is 25.6. The first-order valence-electron chi connectivity index (χ1n) is 20.0. The monoisotopic (exact) mass is 917 g/mol. The highest BCUT2D eigenvalue weighted by Crippen LogP contribution is 2.43. The summed E-state index contributed by atoms with van der Waals surface area (Å²) in [7, 11) is -9.14. The smallest absolute Gasteiger partial charge is 0.380 e. The molecule has 2 aliphatic rings. The van der Waals surface area contributed by atoms with Crippen LogP contribution in [0.25, 0.3) is 5.57 Å². The van der Waals surface area contributed by atoms with E-state index in [0.717, 1.165) is 74.7 Å². The van der Waals surface area contributed by atoms with E-state index in [1.54, 1.807) is 19.2 Å². The van der Waals surface area contributed by atoms with Crippen LogP contribution in [0, 0.1) is 5.41 Å². The Morgan fingerprint density at radius 3 is 2.21 bits per heavy atom. The van der Waals surface area contributed by atoms with E-state index >= 15 is 0 Å². The number of nitrogens with one attached hydrogen (secondary N) is 3. The standard InChI is InChI=1S/C44H51ClF3N5O5S3/c1-43(2)21-19-39(31-9-13-34(45)14-10-31)33(28-43)29-52-23-25-53(26-24-52)36-15-11-32(12-16-36)42(54)51-61(57,58)38-17-18-40(41(27-38)60(55,56)44(46,47)48)50-35(20-22-49-3)30-59-37-7-5-4-6-8-37/h4-18,27,35,49-50H,19-26,28-30H2,1-3H3,(H,51,54)/t35-/m1/s1. The third-order valence-corrected chi connectivity index (χ3v) is 15.3. The lowest BCUT2D eigenvalue weighted by atomic mass is 9.73. The first-order chi connectivity index (χ1) is 28.8. The predicted molar refractivity (Wildman–Crippen MR) is 239 cm³/mol. The van der Waals surface area contributed by atoms with Gasteiger partial charge >= 0.3 is 5.51 Å². The number of benzene rings is 4. The molecule has 0 unspecified atom stereocenters. The van der Waals surface area contributed by atoms with Crippen molar-refractivity contribution >= 4 is 66.1 Å². The molecule has 1 fully saturated rings. The van der Waals surface area contributed by atoms with Crippen LogP contribution >= 0.6 is 23.4 Å². The summed E-state index contributed by atoms with van der Waals surface area (Å²) >= 11 is 7.61. The van der Waals surface area contributed by atoms with Crippen molar-refractivity contribution in [3.63, 3.8) is 0 Å². The van der Waals surface area contributed by atoms with Gasteiger partial charge in [0.15, 0.2) is 0 Å². The molecule has 0 radical (unpaired) electrons. The minimum atomic E-state index is -6.03. The Bertz CT molecular complexity index is 2410. The molecule has 1 amide bonds. The second-order valence-corrected chi connectivity index (χ2v) is 21.3. The SMILES string of the molecule is CNCC[C@H](CSc1ccccc1)Nc1ccc(S(=O)(=O)NC(=O)c2ccc(N3CCN(CC4=C(c5ccc(Cl)cc5)CCC(C)(C)C4)CC3)cc2)cc1S(=O)(=O)C(F)(F)F. The number of piperazine rings is 1. The Hall–Kier alpha value is -4.06. The molecule has 4 aromatic carbocycles. The fraction of sp³-hybridized carbons (Fsp3) is 0.386. The van der Waals surface area contributed by atoms with Crippen LogP contribution in [-0.2, 0) is 19.9 Å². The molecule has 0 spiro atoms. The molecule has 4 aromatic rings. The highest BCUT2D eigenvalue weighted by Gasteiger charge is 2.48. The van der Waals surface area contributed by atoms with Crippen LogP contribution in [0.2, 0.25) is 5.02 Å². The predicted octanol–water partition coefficient (Wildman–Crippen LogP) is 8.72. The number of hydrogen-bond acceptors (Lipinski definition) is 10. The second-order valence-electron chi connectivity index (χ2n) is 16.1. The Labute approximate surface area is 366 Å². The zero-order valence-corrected chi connectivity index (χ0v) is 37.5. The van der Waals surface area contributed by atoms with E-state index in [2.05, 4.69) is 46.4 Å². The van der Waals surface area contributed by atoms with Gasteiger partial charge in [-0.2, -0.15) is 13.2 Å². The molecular weight excluding hydrogens is 867 g/mol. The summed E-state index contributed by atoms with van der Waals surface area (Å²) < 4.78 is 96.5. The molecule has 3 N–H and O–H groups in total. The van der Waals surface area contributed by atoms with E-state index in [1.165, 1.54) is 40.6 Å². The quantitative estimate of drug-likeness (QED) is 0.0940. The minimum absolute atomic E-state index is 0.00254. The van der Waals surface area contributed by atoms with Gasteiger partial charge in [0.1, 0.15) is 4.90 Å². The summed E-state index contributed by atoms with van der Waals surface area (Å²) in [5, 5.41) is 6.60. The summed E-state index contributed by atoms with van der Waals surface area (Å²) in [5.74, 6) is -0.657. The molecule has 1 saturated heterocycles. The van der Waals surface area contributed by atoms with Crippen molar-refractivity contribution in [3.8, 4) is 0 Å². The molecule has 328 valence electrons. The lowest BCUT2D eigenvalue weighted by Crippen LogP contribution is -2.47. The maximum absolute atomic E-state index is 14.0. The molecule has 0 aromatic heterocycles. The number of allylic oxidation sites excluding steroid dienone is 1. The maximum Gasteiger partial charge on any atom is 0.501 e. The Morgan fingerprint density at radius 2 is 1.57 bits per heavy atom. The van der Waals surface area contributed by atoms with Gasteiger partial charge in [-0.3, -0.25) is 9.69 Å². The third-order valence-electron chi connectivity index (χ3n) is 11.0. The van der Waals surface area contributed by atoms with E-state index in [0.29, 0.717) is 29.8 Å². The molecule has 1 aliphatic carbocycles. The van der Waals surface area contributed by atoms with Gasteiger partial charge in [-0.15, -0.1) is 11.8 Å². The van der Waals surface area contributed by atoms with Gasteiger partial charge < -0.3 is 15.5 Å². The average molecular weight is 919 g/mol. The first-order valence-corrected chi connectivity index (χ1v) is 24.3. The van der Waals surface area contributed by atoms with Crippen molar-refractivity contribution in [2.75, 3.05) is 62.3 Å². The van der Waals surface area contributed by atoms with Crippen LogP contribution in [-0.4, -0.2) is 91.3 Å². The number of carbonyl (C=O) groups is 1. The van der Waals surface area contributed by atoms with Crippen molar-refractivity contribution in [2.45, 2.75) is 65.8 Å². The summed E-state index contributed by atoms with van der Waals surface area (Å²) in [6.45, 7) is 9.09. The Morgan fingerprint density at radius 1 is 0.902 bits per heavy atom. The molecule has 1 aliphatic heterocycles.